The summed E-state index contributed by atoms with van der Waals surface area (Å²) in [4.78, 5) is 13.8. The zero-order valence-corrected chi connectivity index (χ0v) is 12.9. The molecule has 0 aliphatic heterocycles. The van der Waals surface area contributed by atoms with Crippen LogP contribution in [0.1, 0.15) is 17.8 Å². The van der Waals surface area contributed by atoms with Crippen molar-refractivity contribution in [3.05, 3.63) is 22.4 Å². The van der Waals surface area contributed by atoms with Gasteiger partial charge in [0.2, 0.25) is 5.13 Å². The van der Waals surface area contributed by atoms with Crippen LogP contribution in [0.3, 0.4) is 0 Å². The van der Waals surface area contributed by atoms with Gasteiger partial charge < -0.3 is 10.0 Å². The minimum Gasteiger partial charge on any atom is -0.481 e. The molecular formula is C11H13N3O2S3. The number of aliphatic carboxylic acids is 1. The van der Waals surface area contributed by atoms with Crippen molar-refractivity contribution in [1.82, 2.24) is 10.2 Å². The van der Waals surface area contributed by atoms with E-state index in [1.165, 1.54) is 28.0 Å². The summed E-state index contributed by atoms with van der Waals surface area (Å²) in [6.45, 7) is 2.11. The molecule has 2 aromatic heterocycles. The molecule has 0 amide bonds. The highest BCUT2D eigenvalue weighted by atomic mass is 32.2. The number of carbonyl (C=O) groups is 1. The zero-order valence-electron chi connectivity index (χ0n) is 10.4. The molecule has 2 heterocycles. The van der Waals surface area contributed by atoms with E-state index in [1.54, 1.807) is 11.3 Å². The maximum Gasteiger partial charge on any atom is 0.313 e. The van der Waals surface area contributed by atoms with Crippen molar-refractivity contribution in [3.8, 4) is 0 Å². The van der Waals surface area contributed by atoms with Gasteiger partial charge in [0.1, 0.15) is 0 Å². The molecule has 0 bridgehead atoms. The van der Waals surface area contributed by atoms with Crippen LogP contribution in [0, 0.1) is 0 Å². The molecule has 2 rings (SSSR count). The van der Waals surface area contributed by atoms with E-state index in [2.05, 4.69) is 23.2 Å². The molecule has 0 aliphatic rings. The fourth-order valence-corrected chi connectivity index (χ4v) is 3.84. The fourth-order valence-electron chi connectivity index (χ4n) is 1.41. The molecule has 0 fully saturated rings. The third-order valence-electron chi connectivity index (χ3n) is 2.55. The number of rotatable bonds is 6. The fraction of sp³-hybridized carbons (Fsp3) is 0.364. The first-order valence-corrected chi connectivity index (χ1v) is 8.20. The molecule has 19 heavy (non-hydrogen) atoms. The number of nitrogens with zero attached hydrogens (tertiary/aromatic N) is 3. The smallest absolute Gasteiger partial charge is 0.313 e. The van der Waals surface area contributed by atoms with Crippen molar-refractivity contribution in [2.24, 2.45) is 0 Å². The van der Waals surface area contributed by atoms with Crippen LogP contribution >= 0.6 is 34.4 Å². The summed E-state index contributed by atoms with van der Waals surface area (Å²) in [7, 11) is 1.97. The number of hydrogen-bond acceptors (Lipinski definition) is 7. The first-order valence-electron chi connectivity index (χ1n) is 5.52. The molecule has 1 atom stereocenters. The quantitative estimate of drug-likeness (QED) is 0.827. The zero-order chi connectivity index (χ0) is 13.8. The van der Waals surface area contributed by atoms with E-state index in [9.17, 15) is 4.79 Å². The van der Waals surface area contributed by atoms with Crippen LogP contribution < -0.4 is 4.90 Å². The van der Waals surface area contributed by atoms with E-state index in [0.717, 1.165) is 5.13 Å². The van der Waals surface area contributed by atoms with Crippen LogP contribution in [-0.2, 0) is 4.79 Å². The lowest BCUT2D eigenvalue weighted by Crippen LogP contribution is -2.20. The van der Waals surface area contributed by atoms with Crippen molar-refractivity contribution in [1.29, 1.82) is 0 Å². The predicted octanol–water partition coefficient (Wildman–Crippen LogP) is 2.97. The molecule has 0 saturated heterocycles. The number of hydrogen-bond donors (Lipinski definition) is 1. The van der Waals surface area contributed by atoms with Crippen LogP contribution in [0.5, 0.6) is 0 Å². The van der Waals surface area contributed by atoms with Gasteiger partial charge in [-0.15, -0.1) is 21.5 Å². The van der Waals surface area contributed by atoms with Gasteiger partial charge in [0.15, 0.2) is 4.34 Å². The second-order valence-electron chi connectivity index (χ2n) is 3.84. The summed E-state index contributed by atoms with van der Waals surface area (Å²) >= 11 is 4.32. The average molecular weight is 315 g/mol. The molecular weight excluding hydrogens is 302 g/mol. The lowest BCUT2D eigenvalue weighted by Gasteiger charge is -2.22. The van der Waals surface area contributed by atoms with Crippen LogP contribution in [-0.4, -0.2) is 34.1 Å². The Labute approximate surface area is 123 Å². The third-order valence-corrected chi connectivity index (χ3v) is 5.73. The van der Waals surface area contributed by atoms with E-state index in [-0.39, 0.29) is 11.8 Å². The van der Waals surface area contributed by atoms with Gasteiger partial charge in [0.25, 0.3) is 0 Å². The first-order chi connectivity index (χ1) is 9.08. The van der Waals surface area contributed by atoms with E-state index in [1.807, 2.05) is 23.4 Å². The number of aromatic nitrogens is 2. The molecule has 1 unspecified atom stereocenters. The number of carboxylic acid groups (broad SMARTS) is 1. The molecule has 0 saturated carbocycles. The first kappa shape index (κ1) is 14.3. The van der Waals surface area contributed by atoms with Crippen molar-refractivity contribution in [2.45, 2.75) is 17.3 Å². The standard InChI is InChI=1S/C11H13N3O2S3/c1-7(8-4-3-5-17-8)14(2)10-12-13-11(19-10)18-6-9(15)16/h3-5,7H,6H2,1-2H3,(H,15,16). The van der Waals surface area contributed by atoms with Gasteiger partial charge in [-0.05, 0) is 18.4 Å². The monoisotopic (exact) mass is 315 g/mol. The third kappa shape index (κ3) is 3.68. The Morgan fingerprint density at radius 2 is 2.37 bits per heavy atom. The lowest BCUT2D eigenvalue weighted by atomic mass is 10.2. The van der Waals surface area contributed by atoms with Gasteiger partial charge in [-0.25, -0.2) is 0 Å². The van der Waals surface area contributed by atoms with Gasteiger partial charge in [-0.2, -0.15) is 0 Å². The average Bonchev–Trinajstić information content (AvgIpc) is 3.05. The summed E-state index contributed by atoms with van der Waals surface area (Å²) in [6.07, 6.45) is 0. The van der Waals surface area contributed by atoms with Crippen LogP contribution in [0.25, 0.3) is 0 Å². The van der Waals surface area contributed by atoms with Crippen molar-refractivity contribution < 1.29 is 9.90 Å². The Balaban J connectivity index is 2.03. The van der Waals surface area contributed by atoms with Crippen molar-refractivity contribution in [2.75, 3.05) is 17.7 Å². The van der Waals surface area contributed by atoms with Crippen LogP contribution in [0.4, 0.5) is 5.13 Å². The van der Waals surface area contributed by atoms with Gasteiger partial charge in [0, 0.05) is 11.9 Å². The molecule has 5 nitrogen and oxygen atoms in total. The summed E-state index contributed by atoms with van der Waals surface area (Å²) in [6, 6.07) is 4.34. The largest absolute Gasteiger partial charge is 0.481 e. The normalized spacial score (nSPS) is 12.3. The second kappa shape index (κ2) is 6.36. The number of thiophene rings is 1. The van der Waals surface area contributed by atoms with Gasteiger partial charge in [-0.1, -0.05) is 29.2 Å². The van der Waals surface area contributed by atoms with E-state index >= 15 is 0 Å². The molecule has 102 valence electrons. The summed E-state index contributed by atoms with van der Waals surface area (Å²) in [5, 5.41) is 19.6. The minimum absolute atomic E-state index is 0.0127. The van der Waals surface area contributed by atoms with E-state index < -0.39 is 5.97 Å². The van der Waals surface area contributed by atoms with Crippen LogP contribution in [0.2, 0.25) is 0 Å². The minimum atomic E-state index is -0.845. The molecule has 0 spiro atoms. The maximum atomic E-state index is 10.5. The lowest BCUT2D eigenvalue weighted by molar-refractivity contribution is -0.133. The summed E-state index contributed by atoms with van der Waals surface area (Å²) in [5.41, 5.74) is 0. The maximum absolute atomic E-state index is 10.5. The number of anilines is 1. The Morgan fingerprint density at radius 3 is 3.00 bits per heavy atom. The molecule has 0 aliphatic carbocycles. The molecule has 8 heteroatoms. The van der Waals surface area contributed by atoms with Crippen molar-refractivity contribution in [3.63, 3.8) is 0 Å². The molecule has 0 radical (unpaired) electrons. The highest BCUT2D eigenvalue weighted by Gasteiger charge is 2.17. The Bertz CT molecular complexity index is 541. The SMILES string of the molecule is CC(c1cccs1)N(C)c1nnc(SCC(=O)O)s1. The number of thioether (sulfide) groups is 1. The Hall–Kier alpha value is -1.12. The molecule has 1 N–H and O–H groups in total. The highest BCUT2D eigenvalue weighted by Crippen LogP contribution is 2.32. The second-order valence-corrected chi connectivity index (χ2v) is 6.99. The van der Waals surface area contributed by atoms with Crippen LogP contribution in [0.15, 0.2) is 21.9 Å². The van der Waals surface area contributed by atoms with E-state index in [4.69, 9.17) is 5.11 Å². The van der Waals surface area contributed by atoms with Crippen molar-refractivity contribution >= 4 is 45.5 Å². The topological polar surface area (TPSA) is 66.3 Å². The Kier molecular flexibility index (Phi) is 4.78. The van der Waals surface area contributed by atoms with Gasteiger partial charge in [-0.3, -0.25) is 4.79 Å². The summed E-state index contributed by atoms with van der Waals surface area (Å²) < 4.78 is 0.683. The predicted molar refractivity (Wildman–Crippen MR) is 79.4 cm³/mol. The summed E-state index contributed by atoms with van der Waals surface area (Å²) in [5.74, 6) is -0.833. The highest BCUT2D eigenvalue weighted by molar-refractivity contribution is 8.01. The van der Waals surface area contributed by atoms with Gasteiger partial charge in [0.05, 0.1) is 11.8 Å². The molecule has 0 aromatic carbocycles. The molecule has 2 aromatic rings. The van der Waals surface area contributed by atoms with Gasteiger partial charge >= 0.3 is 5.97 Å². The Morgan fingerprint density at radius 1 is 1.58 bits per heavy atom. The number of carboxylic acids is 1. The van der Waals surface area contributed by atoms with E-state index in [0.29, 0.717) is 4.34 Å².